The summed E-state index contributed by atoms with van der Waals surface area (Å²) in [5.74, 6) is -0.0229. The number of hydrogen-bond acceptors (Lipinski definition) is 5. The van der Waals surface area contributed by atoms with Gasteiger partial charge in [-0.1, -0.05) is 23.7 Å². The highest BCUT2D eigenvalue weighted by atomic mass is 35.5. The second-order valence-corrected chi connectivity index (χ2v) is 7.94. The molecule has 1 saturated heterocycles. The Labute approximate surface area is 151 Å². The smallest absolute Gasteiger partial charge is 0.244 e. The lowest BCUT2D eigenvalue weighted by atomic mass is 10.3. The molecule has 2 heterocycles. The van der Waals surface area contributed by atoms with E-state index in [1.165, 1.54) is 16.7 Å². The zero-order valence-corrected chi connectivity index (χ0v) is 15.0. The van der Waals surface area contributed by atoms with E-state index in [1.54, 1.807) is 34.1 Å². The number of hydrogen-bond donors (Lipinski definition) is 0. The van der Waals surface area contributed by atoms with Crippen molar-refractivity contribution in [2.24, 2.45) is 0 Å². The Morgan fingerprint density at radius 1 is 1.16 bits per heavy atom. The van der Waals surface area contributed by atoms with E-state index in [4.69, 9.17) is 11.6 Å². The molecule has 3 rings (SSSR count). The van der Waals surface area contributed by atoms with E-state index in [-0.39, 0.29) is 28.9 Å². The van der Waals surface area contributed by atoms with Gasteiger partial charge in [0.1, 0.15) is 17.6 Å². The summed E-state index contributed by atoms with van der Waals surface area (Å²) in [6.07, 6.45) is 3.28. The molecule has 0 bridgehead atoms. The van der Waals surface area contributed by atoms with E-state index in [2.05, 4.69) is 10.1 Å². The van der Waals surface area contributed by atoms with Crippen molar-refractivity contribution < 1.29 is 13.2 Å². The summed E-state index contributed by atoms with van der Waals surface area (Å²) in [6, 6.07) is 6.38. The number of aryl methyl sites for hydroxylation is 1. The van der Waals surface area contributed by atoms with Crippen molar-refractivity contribution >= 4 is 27.5 Å². The Hall–Kier alpha value is -1.97. The molecule has 0 aliphatic carbocycles. The Morgan fingerprint density at radius 2 is 1.88 bits per heavy atom. The molecule has 0 radical (unpaired) electrons. The second-order valence-electron chi connectivity index (χ2n) is 5.62. The van der Waals surface area contributed by atoms with Gasteiger partial charge < -0.3 is 4.90 Å². The van der Waals surface area contributed by atoms with Crippen LogP contribution in [-0.2, 0) is 21.4 Å². The molecule has 25 heavy (non-hydrogen) atoms. The van der Waals surface area contributed by atoms with Crippen LogP contribution in [-0.4, -0.2) is 64.5 Å². The van der Waals surface area contributed by atoms with Crippen LogP contribution in [0.15, 0.2) is 41.8 Å². The minimum absolute atomic E-state index is 0.0229. The highest BCUT2D eigenvalue weighted by Crippen LogP contribution is 2.25. The molecule has 1 aliphatic heterocycles. The molecule has 1 aromatic heterocycles. The first-order valence-electron chi connectivity index (χ1n) is 7.83. The van der Waals surface area contributed by atoms with Gasteiger partial charge in [0.2, 0.25) is 15.9 Å². The third kappa shape index (κ3) is 4.00. The lowest BCUT2D eigenvalue weighted by Crippen LogP contribution is -2.50. The molecule has 10 heteroatoms. The van der Waals surface area contributed by atoms with Crippen LogP contribution in [0, 0.1) is 0 Å². The molecule has 0 unspecified atom stereocenters. The largest absolute Gasteiger partial charge is 0.340 e. The summed E-state index contributed by atoms with van der Waals surface area (Å²) in [4.78, 5) is 17.9. The quantitative estimate of drug-likeness (QED) is 0.763. The lowest BCUT2D eigenvalue weighted by Gasteiger charge is -2.34. The minimum Gasteiger partial charge on any atom is -0.340 e. The highest BCUT2D eigenvalue weighted by molar-refractivity contribution is 7.89. The molecule has 134 valence electrons. The number of carbonyl (C=O) groups excluding carboxylic acids is 1. The Balaban J connectivity index is 1.58. The van der Waals surface area contributed by atoms with Gasteiger partial charge in [-0.3, -0.25) is 9.48 Å². The lowest BCUT2D eigenvalue weighted by molar-refractivity contribution is -0.132. The minimum atomic E-state index is -3.65. The molecular formula is C15H18ClN5O3S. The summed E-state index contributed by atoms with van der Waals surface area (Å²) >= 11 is 6.01. The van der Waals surface area contributed by atoms with Gasteiger partial charge in [-0.2, -0.15) is 9.40 Å². The van der Waals surface area contributed by atoms with Crippen molar-refractivity contribution in [3.63, 3.8) is 0 Å². The first kappa shape index (κ1) is 17.8. The van der Waals surface area contributed by atoms with E-state index in [0.29, 0.717) is 26.1 Å². The van der Waals surface area contributed by atoms with Crippen LogP contribution in [0.3, 0.4) is 0 Å². The normalized spacial score (nSPS) is 16.1. The van der Waals surface area contributed by atoms with Gasteiger partial charge in [-0.05, 0) is 12.1 Å². The number of halogens is 1. The Kier molecular flexibility index (Phi) is 5.36. The van der Waals surface area contributed by atoms with Gasteiger partial charge in [0.25, 0.3) is 0 Å². The van der Waals surface area contributed by atoms with Crippen LogP contribution in [0.4, 0.5) is 0 Å². The van der Waals surface area contributed by atoms with E-state index >= 15 is 0 Å². The van der Waals surface area contributed by atoms with Gasteiger partial charge in [0.15, 0.2) is 0 Å². The first-order valence-corrected chi connectivity index (χ1v) is 9.65. The fraction of sp³-hybridized carbons (Fsp3) is 0.400. The molecular weight excluding hydrogens is 366 g/mol. The molecule has 0 saturated carbocycles. The molecule has 8 nitrogen and oxygen atoms in total. The van der Waals surface area contributed by atoms with Crippen LogP contribution in [0.25, 0.3) is 0 Å². The zero-order valence-electron chi connectivity index (χ0n) is 13.5. The average molecular weight is 384 g/mol. The zero-order chi connectivity index (χ0) is 17.9. The van der Waals surface area contributed by atoms with Crippen molar-refractivity contribution in [2.45, 2.75) is 17.9 Å². The summed E-state index contributed by atoms with van der Waals surface area (Å²) in [6.45, 7) is 1.68. The van der Waals surface area contributed by atoms with E-state index in [1.807, 2.05) is 0 Å². The number of amides is 1. The van der Waals surface area contributed by atoms with Gasteiger partial charge >= 0.3 is 0 Å². The molecule has 1 aromatic carbocycles. The molecule has 1 fully saturated rings. The molecule has 2 aromatic rings. The predicted octanol–water partition coefficient (Wildman–Crippen LogP) is 0.855. The van der Waals surface area contributed by atoms with Crippen molar-refractivity contribution in [1.29, 1.82) is 0 Å². The number of carbonyl (C=O) groups is 1. The Morgan fingerprint density at radius 3 is 2.52 bits per heavy atom. The van der Waals surface area contributed by atoms with Gasteiger partial charge in [0.05, 0.1) is 11.6 Å². The standard InChI is InChI=1S/C15H18ClN5O3S/c16-13-3-1-2-4-14(13)25(23,24)21-9-7-19(8-10-21)15(22)5-6-20-12-17-11-18-20/h1-4,11-12H,5-10H2. The van der Waals surface area contributed by atoms with Crippen LogP contribution >= 0.6 is 11.6 Å². The second kappa shape index (κ2) is 7.51. The van der Waals surface area contributed by atoms with Crippen molar-refractivity contribution in [1.82, 2.24) is 24.0 Å². The van der Waals surface area contributed by atoms with E-state index in [0.717, 1.165) is 0 Å². The number of piperazine rings is 1. The van der Waals surface area contributed by atoms with Crippen LogP contribution < -0.4 is 0 Å². The van der Waals surface area contributed by atoms with Crippen molar-refractivity contribution in [2.75, 3.05) is 26.2 Å². The molecule has 0 atom stereocenters. The van der Waals surface area contributed by atoms with Crippen molar-refractivity contribution in [3.05, 3.63) is 41.9 Å². The number of rotatable bonds is 5. The predicted molar refractivity (Wildman–Crippen MR) is 91.4 cm³/mol. The first-order chi connectivity index (χ1) is 12.0. The SMILES string of the molecule is O=C(CCn1cncn1)N1CCN(S(=O)(=O)c2ccccc2Cl)CC1. The highest BCUT2D eigenvalue weighted by Gasteiger charge is 2.31. The molecule has 1 aliphatic rings. The fourth-order valence-corrected chi connectivity index (χ4v) is 4.60. The molecule has 1 amide bonds. The van der Waals surface area contributed by atoms with Gasteiger partial charge in [0, 0.05) is 32.6 Å². The topological polar surface area (TPSA) is 88.4 Å². The maximum atomic E-state index is 12.7. The fourth-order valence-electron chi connectivity index (χ4n) is 2.69. The number of benzene rings is 1. The van der Waals surface area contributed by atoms with Crippen LogP contribution in [0.1, 0.15) is 6.42 Å². The number of aromatic nitrogens is 3. The van der Waals surface area contributed by atoms with E-state index < -0.39 is 10.0 Å². The van der Waals surface area contributed by atoms with Gasteiger partial charge in [-0.15, -0.1) is 0 Å². The van der Waals surface area contributed by atoms with E-state index in [9.17, 15) is 13.2 Å². The summed E-state index contributed by atoms with van der Waals surface area (Å²) in [5.41, 5.74) is 0. The van der Waals surface area contributed by atoms with Crippen LogP contribution in [0.5, 0.6) is 0 Å². The van der Waals surface area contributed by atoms with Gasteiger partial charge in [-0.25, -0.2) is 13.4 Å². The third-order valence-electron chi connectivity index (χ3n) is 4.07. The third-order valence-corrected chi connectivity index (χ3v) is 6.47. The summed E-state index contributed by atoms with van der Waals surface area (Å²) in [5, 5.41) is 4.16. The summed E-state index contributed by atoms with van der Waals surface area (Å²) in [7, 11) is -3.65. The molecule has 0 N–H and O–H groups in total. The average Bonchev–Trinajstić information content (AvgIpc) is 3.13. The summed E-state index contributed by atoms with van der Waals surface area (Å²) < 4.78 is 28.3. The monoisotopic (exact) mass is 383 g/mol. The Bertz CT molecular complexity index is 833. The van der Waals surface area contributed by atoms with Crippen LogP contribution in [0.2, 0.25) is 5.02 Å². The molecule has 0 spiro atoms. The number of sulfonamides is 1. The maximum absolute atomic E-state index is 12.7. The number of nitrogens with zero attached hydrogens (tertiary/aromatic N) is 5. The maximum Gasteiger partial charge on any atom is 0.244 e. The van der Waals surface area contributed by atoms with Crippen molar-refractivity contribution in [3.8, 4) is 0 Å².